The second-order valence-electron chi connectivity index (χ2n) is 17.2. The first-order valence-electron chi connectivity index (χ1n) is 25.7. The molecule has 1 N–H and O–H groups in total. The van der Waals surface area contributed by atoms with Crippen molar-refractivity contribution in [2.45, 2.75) is 59.2 Å². The van der Waals surface area contributed by atoms with Crippen LogP contribution in [0.1, 0.15) is 73.3 Å². The zero-order chi connectivity index (χ0) is 51.9. The third kappa shape index (κ3) is 8.08. The topological polar surface area (TPSA) is 50.9 Å². The van der Waals surface area contributed by atoms with Gasteiger partial charge in [-0.3, -0.25) is 9.55 Å². The van der Waals surface area contributed by atoms with Gasteiger partial charge < -0.3 is 5.11 Å². The van der Waals surface area contributed by atoms with Gasteiger partial charge in [-0.2, -0.15) is 0 Å². The number of fused-ring (bicyclic) bond motifs is 1. The number of hydrogen-bond acceptors (Lipinski definition) is 3. The van der Waals surface area contributed by atoms with Gasteiger partial charge in [0.15, 0.2) is 0 Å². The van der Waals surface area contributed by atoms with E-state index >= 15 is 0 Å². The van der Waals surface area contributed by atoms with Crippen molar-refractivity contribution in [2.75, 3.05) is 0 Å². The van der Waals surface area contributed by atoms with E-state index in [1.807, 2.05) is 87.5 Å². The standard InChI is InChI=1S/C57H50N3O.Pt/c1-37-32-41(53-45(39-20-12-9-13-21-39)23-16-25-48(53)57(5,6)7)28-29-50(37)60-51-26-17-24-46(54(51)59-55(60)47-22-14-15-27-52(47)61)42-33-43(35-44(34-42)56(2,3)4)49-36-40(30-31-58-49)38-18-10-8-11-19-38;/h8-32,34-36,61H,1-7H3;/q-1;/i1D3,8D,10D,11D,18D,19D,30D,31D,36D;. The van der Waals surface area contributed by atoms with Gasteiger partial charge in [-0.05, 0) is 98.6 Å². The molecule has 0 saturated heterocycles. The number of hydrogen-bond donors (Lipinski definition) is 1. The van der Waals surface area contributed by atoms with Gasteiger partial charge >= 0.3 is 0 Å². The van der Waals surface area contributed by atoms with Gasteiger partial charge in [0.1, 0.15) is 11.6 Å². The molecule has 5 heteroatoms. The van der Waals surface area contributed by atoms with Crippen LogP contribution in [0, 0.1) is 12.9 Å². The average Bonchev–Trinajstić information content (AvgIpc) is 3.73. The Kier molecular flexibility index (Phi) is 8.32. The van der Waals surface area contributed by atoms with Crippen molar-refractivity contribution in [2.24, 2.45) is 0 Å². The molecule has 0 aliphatic carbocycles. The molecule has 0 atom stereocenters. The van der Waals surface area contributed by atoms with E-state index in [4.69, 9.17) is 18.7 Å². The van der Waals surface area contributed by atoms with Crippen molar-refractivity contribution in [1.29, 1.82) is 0 Å². The van der Waals surface area contributed by atoms with Crippen LogP contribution in [0.2, 0.25) is 0 Å². The second kappa shape index (κ2) is 16.8. The normalized spacial score (nSPS) is 14.5. The Balaban J connectivity index is 0.00000711. The number of aryl methyl sites for hydroxylation is 1. The molecule has 0 bridgehead atoms. The molecule has 4 nitrogen and oxygen atoms in total. The molecule has 2 aromatic heterocycles. The van der Waals surface area contributed by atoms with Crippen molar-refractivity contribution in [3.8, 4) is 78.6 Å². The first kappa shape index (κ1) is 30.6. The van der Waals surface area contributed by atoms with Gasteiger partial charge in [0, 0.05) is 37.0 Å². The Morgan fingerprint density at radius 1 is 0.645 bits per heavy atom. The van der Waals surface area contributed by atoms with E-state index in [2.05, 4.69) is 44.0 Å². The molecule has 2 heterocycles. The summed E-state index contributed by atoms with van der Waals surface area (Å²) in [5.74, 6) is 0.190. The van der Waals surface area contributed by atoms with Crippen LogP contribution >= 0.6 is 0 Å². The molecule has 9 aromatic rings. The predicted octanol–water partition coefficient (Wildman–Crippen LogP) is 14.8. The average molecular weight is 999 g/mol. The van der Waals surface area contributed by atoms with E-state index in [9.17, 15) is 6.48 Å². The number of phenols is 1. The van der Waals surface area contributed by atoms with Gasteiger partial charge in [0.2, 0.25) is 0 Å². The molecule has 0 aliphatic rings. The number of pyridine rings is 1. The molecule has 310 valence electrons. The summed E-state index contributed by atoms with van der Waals surface area (Å²) in [6.45, 7) is 9.77. The maximum absolute atomic E-state index is 11.5. The van der Waals surface area contributed by atoms with Crippen molar-refractivity contribution in [1.82, 2.24) is 14.5 Å². The summed E-state index contributed by atoms with van der Waals surface area (Å²) in [4.78, 5) is 9.62. The number of imidazole rings is 1. The predicted molar refractivity (Wildman–Crippen MR) is 254 cm³/mol. The summed E-state index contributed by atoms with van der Waals surface area (Å²) >= 11 is 0. The number of rotatable bonds is 7. The smallest absolute Gasteiger partial charge is 0.148 e. The van der Waals surface area contributed by atoms with Crippen LogP contribution in [0.25, 0.3) is 83.9 Å². The summed E-state index contributed by atoms with van der Waals surface area (Å²) in [5.41, 5.74) is 6.69. The third-order valence-electron chi connectivity index (χ3n) is 10.9. The first-order valence-corrected chi connectivity index (χ1v) is 20.2. The molecule has 0 unspecified atom stereocenters. The number of aromatic nitrogens is 3. The fourth-order valence-electron chi connectivity index (χ4n) is 7.86. The van der Waals surface area contributed by atoms with Gasteiger partial charge in [0.05, 0.1) is 33.3 Å². The van der Waals surface area contributed by atoms with E-state index in [0.29, 0.717) is 33.4 Å². The Hall–Kier alpha value is -6.35. The Labute approximate surface area is 395 Å². The van der Waals surface area contributed by atoms with Gasteiger partial charge in [-0.25, -0.2) is 4.98 Å². The van der Waals surface area contributed by atoms with Crippen LogP contribution in [0.15, 0.2) is 170 Å². The molecule has 0 spiro atoms. The maximum atomic E-state index is 11.5. The number of para-hydroxylation sites is 2. The summed E-state index contributed by atoms with van der Waals surface area (Å²) in [6.07, 6.45) is -0.568. The van der Waals surface area contributed by atoms with Crippen molar-refractivity contribution in [3.63, 3.8) is 0 Å². The van der Waals surface area contributed by atoms with E-state index in [-0.39, 0.29) is 66.0 Å². The summed E-state index contributed by atoms with van der Waals surface area (Å²) in [5, 5.41) is 11.5. The molecule has 0 aliphatic heterocycles. The van der Waals surface area contributed by atoms with Gasteiger partial charge in [-0.1, -0.05) is 168 Å². The molecular formula is C57H50N3OPt-. The quantitative estimate of drug-likeness (QED) is 0.162. The fourth-order valence-corrected chi connectivity index (χ4v) is 7.86. The van der Waals surface area contributed by atoms with Crippen LogP contribution in [0.3, 0.4) is 0 Å². The van der Waals surface area contributed by atoms with Crippen LogP contribution in [0.4, 0.5) is 0 Å². The summed E-state index contributed by atoms with van der Waals surface area (Å²) in [6, 6.07) is 36.8. The van der Waals surface area contributed by atoms with Crippen molar-refractivity contribution >= 4 is 11.0 Å². The number of benzene rings is 7. The number of phenolic OH excluding ortho intramolecular Hbond substituents is 1. The van der Waals surface area contributed by atoms with Crippen LogP contribution < -0.4 is 0 Å². The van der Waals surface area contributed by atoms with Crippen LogP contribution in [-0.4, -0.2) is 19.6 Å². The van der Waals surface area contributed by atoms with E-state index in [1.54, 1.807) is 47.0 Å². The molecule has 62 heavy (non-hydrogen) atoms. The molecule has 0 fully saturated rings. The Morgan fingerprint density at radius 2 is 1.35 bits per heavy atom. The molecular weight excluding hydrogens is 938 g/mol. The largest absolute Gasteiger partial charge is 0.507 e. The number of aromatic hydroxyl groups is 1. The molecule has 9 rings (SSSR count). The van der Waals surface area contributed by atoms with Gasteiger partial charge in [0.25, 0.3) is 0 Å². The monoisotopic (exact) mass is 998 g/mol. The molecule has 0 radical (unpaired) electrons. The van der Waals surface area contributed by atoms with Crippen LogP contribution in [-0.2, 0) is 31.9 Å². The maximum Gasteiger partial charge on any atom is 0.148 e. The van der Waals surface area contributed by atoms with Crippen molar-refractivity contribution in [3.05, 3.63) is 193 Å². The minimum absolute atomic E-state index is 0. The SMILES string of the molecule is [2H]c1nc(-c2[c-]c(-c3cccc4c3nc(-c3ccccc3O)n4-c3ccc(-c4c(-c5ccccc5)cccc4C(C)(C)C)cc3C([2H])([2H])[2H])cc(C(C)(C)C)c2)c([2H])c(-c2c([2H])c([2H])c([2H])c([2H])c2[2H])c1[2H].[Pt]. The Bertz CT molecular complexity index is 3620. The summed E-state index contributed by atoms with van der Waals surface area (Å²) in [7, 11) is 0. The van der Waals surface area contributed by atoms with E-state index in [0.717, 1.165) is 33.4 Å². The molecule has 0 saturated carbocycles. The second-order valence-corrected chi connectivity index (χ2v) is 17.2. The van der Waals surface area contributed by atoms with Crippen LogP contribution in [0.5, 0.6) is 5.75 Å². The van der Waals surface area contributed by atoms with E-state index < -0.39 is 60.7 Å². The zero-order valence-corrected chi connectivity index (χ0v) is 37.4. The fraction of sp³-hybridized carbons (Fsp3) is 0.158. The zero-order valence-electron chi connectivity index (χ0n) is 46.2. The van der Waals surface area contributed by atoms with Gasteiger partial charge in [-0.15, -0.1) is 29.3 Å². The minimum Gasteiger partial charge on any atom is -0.507 e. The molecule has 7 aromatic carbocycles. The molecule has 0 amide bonds. The van der Waals surface area contributed by atoms with Crippen molar-refractivity contribution < 1.29 is 41.3 Å². The third-order valence-corrected chi connectivity index (χ3v) is 10.9. The minimum atomic E-state index is -2.64. The number of nitrogens with zero attached hydrogens (tertiary/aromatic N) is 3. The van der Waals surface area contributed by atoms with E-state index in [1.165, 1.54) is 0 Å². The summed E-state index contributed by atoms with van der Waals surface area (Å²) < 4.78 is 98.2. The Morgan fingerprint density at radius 3 is 2.10 bits per heavy atom. The first-order chi connectivity index (χ1) is 33.9.